The number of rotatable bonds is 6. The van der Waals surface area contributed by atoms with E-state index in [1.807, 2.05) is 0 Å². The molecule has 1 aromatic carbocycles. The van der Waals surface area contributed by atoms with E-state index in [4.69, 9.17) is 4.74 Å². The second-order valence-electron chi connectivity index (χ2n) is 4.66. The number of hydrogen-bond donors (Lipinski definition) is 0. The van der Waals surface area contributed by atoms with Crippen molar-refractivity contribution in [2.24, 2.45) is 0 Å². The lowest BCUT2D eigenvalue weighted by molar-refractivity contribution is 0.319. The van der Waals surface area contributed by atoms with Gasteiger partial charge in [0.2, 0.25) is 0 Å². The maximum Gasteiger partial charge on any atom is 0.118 e. The van der Waals surface area contributed by atoms with Crippen LogP contribution < -0.4 is 9.92 Å². The molecule has 0 heterocycles. The third-order valence-electron chi connectivity index (χ3n) is 2.50. The Kier molecular flexibility index (Phi) is 5.84. The van der Waals surface area contributed by atoms with E-state index in [1.165, 1.54) is 17.7 Å². The molecule has 0 bridgehead atoms. The summed E-state index contributed by atoms with van der Waals surface area (Å²) in [6.07, 6.45) is 1.20. The standard InChI is InChI=1S/C13H22OSi2/c1-15(2)11-7-10-14-12-8-5-6-9-13(12)16(3)4/h5-6,8-9H,7,10-11H2,1-4H3. The topological polar surface area (TPSA) is 9.23 Å². The normalized spacial score (nSPS) is 11.1. The second kappa shape index (κ2) is 6.91. The summed E-state index contributed by atoms with van der Waals surface area (Å²) in [4.78, 5) is 0. The molecule has 0 amide bonds. The van der Waals surface area contributed by atoms with Crippen molar-refractivity contribution in [3.8, 4) is 5.75 Å². The first-order valence-corrected chi connectivity index (χ1v) is 11.1. The fourth-order valence-corrected chi connectivity index (χ4v) is 3.54. The molecular weight excluding hydrogens is 228 g/mol. The van der Waals surface area contributed by atoms with Crippen LogP contribution in [0.1, 0.15) is 6.42 Å². The van der Waals surface area contributed by atoms with Crippen molar-refractivity contribution in [3.05, 3.63) is 24.3 Å². The molecule has 0 atom stereocenters. The van der Waals surface area contributed by atoms with Crippen LogP contribution in [0, 0.1) is 0 Å². The summed E-state index contributed by atoms with van der Waals surface area (Å²) in [6.45, 7) is 10.2. The van der Waals surface area contributed by atoms with Crippen LogP contribution in [0.15, 0.2) is 24.3 Å². The van der Waals surface area contributed by atoms with Crippen LogP contribution in [0.2, 0.25) is 32.2 Å². The summed E-state index contributed by atoms with van der Waals surface area (Å²) in [5.74, 6) is 1.11. The molecule has 0 aliphatic rings. The summed E-state index contributed by atoms with van der Waals surface area (Å²) < 4.78 is 5.89. The largest absolute Gasteiger partial charge is 0.494 e. The maximum absolute atomic E-state index is 5.89. The summed E-state index contributed by atoms with van der Waals surface area (Å²) in [7, 11) is -0.501. The van der Waals surface area contributed by atoms with E-state index in [0.29, 0.717) is 0 Å². The van der Waals surface area contributed by atoms with E-state index >= 15 is 0 Å². The van der Waals surface area contributed by atoms with Gasteiger partial charge in [-0.1, -0.05) is 50.4 Å². The smallest absolute Gasteiger partial charge is 0.118 e. The lowest BCUT2D eigenvalue weighted by Gasteiger charge is -2.13. The second-order valence-corrected chi connectivity index (χ2v) is 10.1. The van der Waals surface area contributed by atoms with Gasteiger partial charge in [-0.2, -0.15) is 0 Å². The van der Waals surface area contributed by atoms with Gasteiger partial charge in [-0.15, -0.1) is 0 Å². The van der Waals surface area contributed by atoms with Gasteiger partial charge in [0.1, 0.15) is 5.75 Å². The molecule has 0 N–H and O–H groups in total. The minimum absolute atomic E-state index is 0.0882. The van der Waals surface area contributed by atoms with Crippen LogP contribution in [0.4, 0.5) is 0 Å². The first kappa shape index (κ1) is 13.5. The highest BCUT2D eigenvalue weighted by Gasteiger charge is 2.07. The molecule has 0 saturated heterocycles. The summed E-state index contributed by atoms with van der Waals surface area (Å²) in [6, 6.07) is 9.84. The monoisotopic (exact) mass is 250 g/mol. The highest BCUT2D eigenvalue weighted by molar-refractivity contribution is 6.71. The highest BCUT2D eigenvalue weighted by Crippen LogP contribution is 2.09. The minimum Gasteiger partial charge on any atom is -0.494 e. The molecule has 1 aromatic rings. The average molecular weight is 250 g/mol. The fraction of sp³-hybridized carbons (Fsp3) is 0.538. The molecule has 0 fully saturated rings. The van der Waals surface area contributed by atoms with E-state index in [9.17, 15) is 0 Å². The van der Waals surface area contributed by atoms with Gasteiger partial charge in [0.25, 0.3) is 0 Å². The Balaban J connectivity index is 2.47. The Hall–Kier alpha value is -0.546. The van der Waals surface area contributed by atoms with E-state index in [1.54, 1.807) is 0 Å². The predicted molar refractivity (Wildman–Crippen MR) is 76.0 cm³/mol. The van der Waals surface area contributed by atoms with E-state index in [2.05, 4.69) is 50.5 Å². The van der Waals surface area contributed by atoms with Crippen molar-refractivity contribution in [2.45, 2.75) is 38.7 Å². The zero-order chi connectivity index (χ0) is 12.0. The Morgan fingerprint density at radius 3 is 2.38 bits per heavy atom. The molecule has 88 valence electrons. The Bertz CT molecular complexity index is 311. The van der Waals surface area contributed by atoms with Gasteiger partial charge >= 0.3 is 0 Å². The fourth-order valence-electron chi connectivity index (χ4n) is 1.61. The zero-order valence-electron chi connectivity index (χ0n) is 10.8. The van der Waals surface area contributed by atoms with Gasteiger partial charge in [0.15, 0.2) is 0 Å². The van der Waals surface area contributed by atoms with E-state index < -0.39 is 8.80 Å². The molecule has 2 radical (unpaired) electrons. The van der Waals surface area contributed by atoms with Crippen molar-refractivity contribution in [1.82, 2.24) is 0 Å². The van der Waals surface area contributed by atoms with Crippen molar-refractivity contribution in [1.29, 1.82) is 0 Å². The quantitative estimate of drug-likeness (QED) is 0.557. The van der Waals surface area contributed by atoms with Gasteiger partial charge in [-0.05, 0) is 17.7 Å². The SMILES string of the molecule is C[Si](C)CCCOc1ccccc1[Si](C)C. The lowest BCUT2D eigenvalue weighted by atomic mass is 10.3. The minimum atomic E-state index is -0.413. The summed E-state index contributed by atoms with van der Waals surface area (Å²) in [5.41, 5.74) is 0. The first-order chi connectivity index (χ1) is 7.61. The van der Waals surface area contributed by atoms with Crippen molar-refractivity contribution >= 4 is 22.8 Å². The van der Waals surface area contributed by atoms with Crippen LogP contribution in [-0.4, -0.2) is 24.2 Å². The Morgan fingerprint density at radius 1 is 1.06 bits per heavy atom. The molecular formula is C13H22OSi2. The van der Waals surface area contributed by atoms with Gasteiger partial charge in [-0.25, -0.2) is 0 Å². The maximum atomic E-state index is 5.89. The third-order valence-corrected chi connectivity index (χ3v) is 5.35. The zero-order valence-corrected chi connectivity index (χ0v) is 12.8. The number of ether oxygens (including phenoxy) is 1. The molecule has 0 unspecified atom stereocenters. The van der Waals surface area contributed by atoms with Gasteiger partial charge < -0.3 is 4.74 Å². The van der Waals surface area contributed by atoms with Crippen LogP contribution >= 0.6 is 0 Å². The molecule has 0 saturated carbocycles. The Morgan fingerprint density at radius 2 is 1.75 bits per heavy atom. The molecule has 0 aromatic heterocycles. The number of benzene rings is 1. The van der Waals surface area contributed by atoms with Crippen LogP contribution in [0.5, 0.6) is 5.75 Å². The molecule has 16 heavy (non-hydrogen) atoms. The van der Waals surface area contributed by atoms with Crippen molar-refractivity contribution in [3.63, 3.8) is 0 Å². The van der Waals surface area contributed by atoms with Gasteiger partial charge in [0.05, 0.1) is 15.4 Å². The molecule has 1 nitrogen and oxygen atoms in total. The van der Waals surface area contributed by atoms with Gasteiger partial charge in [-0.3, -0.25) is 0 Å². The predicted octanol–water partition coefficient (Wildman–Crippen LogP) is 3.17. The summed E-state index contributed by atoms with van der Waals surface area (Å²) >= 11 is 0. The van der Waals surface area contributed by atoms with Crippen molar-refractivity contribution < 1.29 is 4.74 Å². The highest BCUT2D eigenvalue weighted by atomic mass is 28.3. The first-order valence-electron chi connectivity index (χ1n) is 5.92. The van der Waals surface area contributed by atoms with E-state index in [0.717, 1.165) is 12.4 Å². The number of hydrogen-bond acceptors (Lipinski definition) is 1. The Labute approximate surface area is 103 Å². The number of para-hydroxylation sites is 1. The molecule has 0 aliphatic heterocycles. The summed E-state index contributed by atoms with van der Waals surface area (Å²) in [5, 5.41) is 1.42. The third kappa shape index (κ3) is 4.53. The van der Waals surface area contributed by atoms with Crippen molar-refractivity contribution in [2.75, 3.05) is 6.61 Å². The molecule has 0 spiro atoms. The average Bonchev–Trinajstić information content (AvgIpc) is 2.24. The lowest BCUT2D eigenvalue weighted by Crippen LogP contribution is -2.25. The van der Waals surface area contributed by atoms with Crippen LogP contribution in [0.3, 0.4) is 0 Å². The molecule has 3 heteroatoms. The van der Waals surface area contributed by atoms with Gasteiger partial charge in [0, 0.05) is 8.80 Å². The van der Waals surface area contributed by atoms with Crippen LogP contribution in [0.25, 0.3) is 0 Å². The van der Waals surface area contributed by atoms with Crippen LogP contribution in [-0.2, 0) is 0 Å². The molecule has 1 rings (SSSR count). The molecule has 0 aliphatic carbocycles. The van der Waals surface area contributed by atoms with E-state index in [-0.39, 0.29) is 8.80 Å².